The van der Waals surface area contributed by atoms with E-state index < -0.39 is 0 Å². The number of hydrogen-bond acceptors (Lipinski definition) is 4. The standard InChI is InChI=1S/C11H7N3O2/c15-11-4-3-7-1-2-8(5-10(7)16-11)9-6-12-14-13-9/h1-6H,(H,12,13,14). The molecule has 0 saturated heterocycles. The van der Waals surface area contributed by atoms with Crippen molar-refractivity contribution in [3.05, 3.63) is 46.9 Å². The monoisotopic (exact) mass is 213 g/mol. The highest BCUT2D eigenvalue weighted by Gasteiger charge is 2.03. The topological polar surface area (TPSA) is 71.8 Å². The maximum Gasteiger partial charge on any atom is 0.336 e. The molecule has 1 N–H and O–H groups in total. The minimum atomic E-state index is -0.357. The van der Waals surface area contributed by atoms with Crippen LogP contribution in [0.15, 0.2) is 45.7 Å². The maximum atomic E-state index is 11.1. The largest absolute Gasteiger partial charge is 0.423 e. The van der Waals surface area contributed by atoms with E-state index in [0.29, 0.717) is 11.3 Å². The van der Waals surface area contributed by atoms with Gasteiger partial charge in [0.25, 0.3) is 0 Å². The molecule has 2 heterocycles. The molecule has 5 nitrogen and oxygen atoms in total. The molecule has 78 valence electrons. The predicted octanol–water partition coefficient (Wildman–Crippen LogP) is 1.58. The molecule has 0 aliphatic carbocycles. The van der Waals surface area contributed by atoms with Crippen molar-refractivity contribution in [1.29, 1.82) is 0 Å². The fourth-order valence-corrected chi connectivity index (χ4v) is 1.56. The van der Waals surface area contributed by atoms with Crippen LogP contribution in [0.2, 0.25) is 0 Å². The highest BCUT2D eigenvalue weighted by molar-refractivity contribution is 5.81. The van der Waals surface area contributed by atoms with Gasteiger partial charge < -0.3 is 4.42 Å². The number of aromatic nitrogens is 3. The molecule has 0 bridgehead atoms. The van der Waals surface area contributed by atoms with Crippen LogP contribution in [0.5, 0.6) is 0 Å². The summed E-state index contributed by atoms with van der Waals surface area (Å²) in [6.07, 6.45) is 1.68. The summed E-state index contributed by atoms with van der Waals surface area (Å²) in [7, 11) is 0. The van der Waals surface area contributed by atoms with E-state index in [9.17, 15) is 4.79 Å². The lowest BCUT2D eigenvalue weighted by atomic mass is 10.1. The van der Waals surface area contributed by atoms with Gasteiger partial charge in [-0.2, -0.15) is 0 Å². The first-order valence-corrected chi connectivity index (χ1v) is 4.74. The zero-order chi connectivity index (χ0) is 11.0. The van der Waals surface area contributed by atoms with Crippen molar-refractivity contribution in [3.8, 4) is 11.3 Å². The van der Waals surface area contributed by atoms with Gasteiger partial charge in [-0.05, 0) is 12.1 Å². The first-order chi connectivity index (χ1) is 7.83. The summed E-state index contributed by atoms with van der Waals surface area (Å²) in [5.41, 5.74) is 1.77. The Balaban J connectivity index is 2.26. The van der Waals surface area contributed by atoms with Crippen molar-refractivity contribution in [3.63, 3.8) is 0 Å². The summed E-state index contributed by atoms with van der Waals surface area (Å²) in [4.78, 5) is 11.1. The maximum absolute atomic E-state index is 11.1. The number of benzene rings is 1. The summed E-state index contributed by atoms with van der Waals surface area (Å²) in [6.45, 7) is 0. The lowest BCUT2D eigenvalue weighted by molar-refractivity contribution is 0.561. The summed E-state index contributed by atoms with van der Waals surface area (Å²) >= 11 is 0. The Bertz CT molecular complexity index is 686. The number of H-pyrrole nitrogens is 1. The third kappa shape index (κ3) is 1.38. The highest BCUT2D eigenvalue weighted by atomic mass is 16.4. The quantitative estimate of drug-likeness (QED) is 0.623. The SMILES string of the molecule is O=c1ccc2ccc(-c3c[nH]nn3)cc2o1. The molecule has 5 heteroatoms. The van der Waals surface area contributed by atoms with Gasteiger partial charge >= 0.3 is 5.63 Å². The van der Waals surface area contributed by atoms with E-state index in [1.54, 1.807) is 18.3 Å². The van der Waals surface area contributed by atoms with Gasteiger partial charge in [0.2, 0.25) is 0 Å². The second-order valence-corrected chi connectivity index (χ2v) is 3.37. The van der Waals surface area contributed by atoms with Crippen molar-refractivity contribution in [2.24, 2.45) is 0 Å². The van der Waals surface area contributed by atoms with Crippen LogP contribution in [0.1, 0.15) is 0 Å². The van der Waals surface area contributed by atoms with Gasteiger partial charge in [0.05, 0.1) is 0 Å². The minimum absolute atomic E-state index is 0.357. The fourth-order valence-electron chi connectivity index (χ4n) is 1.56. The summed E-state index contributed by atoms with van der Waals surface area (Å²) in [6, 6.07) is 8.68. The number of hydrogen-bond donors (Lipinski definition) is 1. The Hall–Kier alpha value is -2.43. The molecule has 2 aromatic heterocycles. The first-order valence-electron chi connectivity index (χ1n) is 4.74. The predicted molar refractivity (Wildman–Crippen MR) is 57.9 cm³/mol. The van der Waals surface area contributed by atoms with Crippen LogP contribution in [0, 0.1) is 0 Å². The highest BCUT2D eigenvalue weighted by Crippen LogP contribution is 2.20. The van der Waals surface area contributed by atoms with Gasteiger partial charge in [-0.25, -0.2) is 4.79 Å². The van der Waals surface area contributed by atoms with Crippen LogP contribution in [0.4, 0.5) is 0 Å². The van der Waals surface area contributed by atoms with Crippen LogP contribution < -0.4 is 5.63 Å². The van der Waals surface area contributed by atoms with E-state index >= 15 is 0 Å². The van der Waals surface area contributed by atoms with Gasteiger partial charge in [0, 0.05) is 23.2 Å². The second kappa shape index (κ2) is 3.30. The molecule has 0 aliphatic rings. The van der Waals surface area contributed by atoms with Crippen molar-refractivity contribution < 1.29 is 4.42 Å². The summed E-state index contributed by atoms with van der Waals surface area (Å²) < 4.78 is 5.09. The number of aromatic amines is 1. The fraction of sp³-hybridized carbons (Fsp3) is 0. The van der Waals surface area contributed by atoms with Gasteiger partial charge in [0.15, 0.2) is 0 Å². The molecule has 0 unspecified atom stereocenters. The second-order valence-electron chi connectivity index (χ2n) is 3.37. The molecule has 1 aromatic carbocycles. The molecular weight excluding hydrogens is 206 g/mol. The number of fused-ring (bicyclic) bond motifs is 1. The molecule has 0 atom stereocenters. The van der Waals surface area contributed by atoms with Crippen molar-refractivity contribution >= 4 is 11.0 Å². The molecule has 16 heavy (non-hydrogen) atoms. The third-order valence-corrected chi connectivity index (χ3v) is 2.34. The Morgan fingerprint density at radius 1 is 1.19 bits per heavy atom. The van der Waals surface area contributed by atoms with Crippen molar-refractivity contribution in [2.45, 2.75) is 0 Å². The minimum Gasteiger partial charge on any atom is -0.423 e. The number of rotatable bonds is 1. The van der Waals surface area contributed by atoms with Crippen LogP contribution in [-0.4, -0.2) is 15.4 Å². The Morgan fingerprint density at radius 3 is 2.88 bits per heavy atom. The van der Waals surface area contributed by atoms with Gasteiger partial charge in [-0.1, -0.05) is 17.3 Å². The average Bonchev–Trinajstić information content (AvgIpc) is 2.81. The Labute approximate surface area is 89.7 Å². The molecule has 0 spiro atoms. The van der Waals surface area contributed by atoms with E-state index in [1.165, 1.54) is 6.07 Å². The van der Waals surface area contributed by atoms with Gasteiger partial charge in [-0.15, -0.1) is 5.10 Å². The molecule has 0 amide bonds. The van der Waals surface area contributed by atoms with Gasteiger partial charge in [-0.3, -0.25) is 5.10 Å². The zero-order valence-corrected chi connectivity index (χ0v) is 8.18. The molecule has 3 aromatic rings. The smallest absolute Gasteiger partial charge is 0.336 e. The molecule has 3 rings (SSSR count). The molecular formula is C11H7N3O2. The first kappa shape index (κ1) is 8.84. The molecule has 0 saturated carbocycles. The molecule has 0 radical (unpaired) electrons. The average molecular weight is 213 g/mol. The van der Waals surface area contributed by atoms with E-state index in [4.69, 9.17) is 4.42 Å². The Morgan fingerprint density at radius 2 is 2.06 bits per heavy atom. The summed E-state index contributed by atoms with van der Waals surface area (Å²) in [5.74, 6) is 0. The van der Waals surface area contributed by atoms with Crippen LogP contribution >= 0.6 is 0 Å². The summed E-state index contributed by atoms with van der Waals surface area (Å²) in [5, 5.41) is 11.0. The Kier molecular flexibility index (Phi) is 1.83. The zero-order valence-electron chi connectivity index (χ0n) is 8.18. The van der Waals surface area contributed by atoms with Gasteiger partial charge in [0.1, 0.15) is 11.3 Å². The molecule has 0 aliphatic heterocycles. The third-order valence-electron chi connectivity index (χ3n) is 2.34. The molecule has 0 fully saturated rings. The lowest BCUT2D eigenvalue weighted by Crippen LogP contribution is -1.94. The number of nitrogens with one attached hydrogen (secondary N) is 1. The van der Waals surface area contributed by atoms with Crippen molar-refractivity contribution in [2.75, 3.05) is 0 Å². The van der Waals surface area contributed by atoms with Crippen molar-refractivity contribution in [1.82, 2.24) is 15.4 Å². The van der Waals surface area contributed by atoms with Crippen LogP contribution in [0.25, 0.3) is 22.2 Å². The van der Waals surface area contributed by atoms with E-state index in [2.05, 4.69) is 15.4 Å². The van der Waals surface area contributed by atoms with E-state index in [1.807, 2.05) is 12.1 Å². The van der Waals surface area contributed by atoms with Crippen LogP contribution in [-0.2, 0) is 0 Å². The van der Waals surface area contributed by atoms with E-state index in [-0.39, 0.29) is 5.63 Å². The van der Waals surface area contributed by atoms with Crippen LogP contribution in [0.3, 0.4) is 0 Å². The lowest BCUT2D eigenvalue weighted by Gasteiger charge is -1.98. The number of nitrogens with zero attached hydrogens (tertiary/aromatic N) is 2. The van der Waals surface area contributed by atoms with E-state index in [0.717, 1.165) is 10.9 Å². The normalized spacial score (nSPS) is 10.8.